The van der Waals surface area contributed by atoms with Crippen LogP contribution in [0.4, 0.5) is 0 Å². The number of ether oxygens (including phenoxy) is 1. The molecular formula is C50H84N8O14. The van der Waals surface area contributed by atoms with Crippen LogP contribution in [0, 0.1) is 0 Å². The molecule has 0 saturated carbocycles. The van der Waals surface area contributed by atoms with Crippen molar-refractivity contribution in [2.24, 2.45) is 5.73 Å². The molecule has 2 rings (SSSR count). The van der Waals surface area contributed by atoms with Crippen LogP contribution < -0.4 is 43.0 Å². The van der Waals surface area contributed by atoms with Crippen molar-refractivity contribution in [3.8, 4) is 0 Å². The van der Waals surface area contributed by atoms with Crippen LogP contribution in [0.15, 0.2) is 30.3 Å². The summed E-state index contributed by atoms with van der Waals surface area (Å²) >= 11 is 0. The largest absolute Gasteiger partial charge is 0.394 e. The van der Waals surface area contributed by atoms with Gasteiger partial charge in [0, 0.05) is 19.3 Å². The molecule has 1 saturated heterocycles. The first-order chi connectivity index (χ1) is 34.5. The van der Waals surface area contributed by atoms with Crippen molar-refractivity contribution in [2.75, 3.05) is 26.3 Å². The monoisotopic (exact) mass is 1020 g/mol. The summed E-state index contributed by atoms with van der Waals surface area (Å²) in [5.74, 6) is -6.16. The number of primary amides is 1. The third kappa shape index (κ3) is 25.4. The first-order valence-corrected chi connectivity index (χ1v) is 25.8. The fraction of sp³-hybridized carbons (Fsp3) is 0.720. The zero-order chi connectivity index (χ0) is 53.3. The van der Waals surface area contributed by atoms with E-state index in [-0.39, 0.29) is 19.3 Å². The second-order valence-electron chi connectivity index (χ2n) is 18.5. The van der Waals surface area contributed by atoms with Crippen molar-refractivity contribution in [1.82, 2.24) is 37.2 Å². The van der Waals surface area contributed by atoms with Crippen molar-refractivity contribution >= 4 is 47.3 Å². The highest BCUT2D eigenvalue weighted by molar-refractivity contribution is 5.96. The van der Waals surface area contributed by atoms with Crippen LogP contribution in [0.1, 0.15) is 148 Å². The standard InChI is InChI=1S/C50H84N8O14/c1-3-5-7-9-11-13-15-20-24-34(46(68)52-29-39(51)61)56-48(70)35(25-21-16-14-12-10-8-6-4-2)54-42(64)30-53-47(69)37(31-59)57-49(71)36(28-33-22-18-17-19-23-33)55-40(62)26-27-41(63)58-50-45(67)44(66)43(65)38(32-60)72-50/h17-19,22-23,34-38,43-45,50,59-60,65-67H,3-16,20-21,24-32H2,1-2H3,(H2,51,61)(H,52,68)(H,53,69)(H,54,64)(H,55,62)(H,56,70)(H,57,71)(H,58,63)/t34?,35?,36?,37?,38-,43-,44+,45-,50-/m1/s1. The summed E-state index contributed by atoms with van der Waals surface area (Å²) in [4.78, 5) is 105. The van der Waals surface area contributed by atoms with Crippen molar-refractivity contribution in [1.29, 1.82) is 0 Å². The molecule has 72 heavy (non-hydrogen) atoms. The maximum absolute atomic E-state index is 13.8. The minimum Gasteiger partial charge on any atom is -0.394 e. The molecule has 0 bridgehead atoms. The lowest BCUT2D eigenvalue weighted by Gasteiger charge is -2.40. The van der Waals surface area contributed by atoms with E-state index in [0.29, 0.717) is 18.4 Å². The molecule has 0 radical (unpaired) electrons. The van der Waals surface area contributed by atoms with Crippen molar-refractivity contribution < 1.29 is 68.6 Å². The van der Waals surface area contributed by atoms with Crippen LogP contribution in [0.2, 0.25) is 0 Å². The van der Waals surface area contributed by atoms with Gasteiger partial charge in [-0.15, -0.1) is 0 Å². The summed E-state index contributed by atoms with van der Waals surface area (Å²) in [5, 5.41) is 67.3. The van der Waals surface area contributed by atoms with Gasteiger partial charge in [-0.25, -0.2) is 0 Å². The van der Waals surface area contributed by atoms with Crippen molar-refractivity contribution in [2.45, 2.75) is 203 Å². The van der Waals surface area contributed by atoms with Crippen LogP contribution in [0.5, 0.6) is 0 Å². The molecule has 4 unspecified atom stereocenters. The van der Waals surface area contributed by atoms with Crippen LogP contribution in [-0.2, 0) is 49.5 Å². The Morgan fingerprint density at radius 2 is 1.01 bits per heavy atom. The van der Waals surface area contributed by atoms with E-state index in [1.54, 1.807) is 30.3 Å². The number of benzene rings is 1. The van der Waals surface area contributed by atoms with Gasteiger partial charge < -0.3 is 73.2 Å². The first kappa shape index (κ1) is 62.9. The summed E-state index contributed by atoms with van der Waals surface area (Å²) in [6.45, 7) is 1.58. The Kier molecular flexibility index (Phi) is 32.0. The predicted molar refractivity (Wildman–Crippen MR) is 266 cm³/mol. The van der Waals surface area contributed by atoms with E-state index in [1.165, 1.54) is 6.42 Å². The number of hydrogen-bond donors (Lipinski definition) is 13. The number of nitrogens with two attached hydrogens (primary N) is 1. The third-order valence-electron chi connectivity index (χ3n) is 12.4. The van der Waals surface area contributed by atoms with Gasteiger partial charge in [0.1, 0.15) is 48.6 Å². The number of aliphatic hydroxyl groups is 5. The van der Waals surface area contributed by atoms with Gasteiger partial charge in [-0.1, -0.05) is 147 Å². The predicted octanol–water partition coefficient (Wildman–Crippen LogP) is -0.364. The minimum atomic E-state index is -1.75. The Labute approximate surface area is 423 Å². The van der Waals surface area contributed by atoms with E-state index >= 15 is 0 Å². The molecule has 9 atom stereocenters. The van der Waals surface area contributed by atoms with Crippen LogP contribution in [0.25, 0.3) is 0 Å². The highest BCUT2D eigenvalue weighted by Crippen LogP contribution is 2.20. The molecule has 0 aromatic heterocycles. The fourth-order valence-corrected chi connectivity index (χ4v) is 8.08. The van der Waals surface area contributed by atoms with Gasteiger partial charge >= 0.3 is 0 Å². The molecule has 1 aliphatic heterocycles. The van der Waals surface area contributed by atoms with Gasteiger partial charge in [-0.2, -0.15) is 0 Å². The molecule has 0 aliphatic carbocycles. The van der Waals surface area contributed by atoms with Gasteiger partial charge in [0.2, 0.25) is 47.3 Å². The average molecular weight is 1020 g/mol. The third-order valence-corrected chi connectivity index (χ3v) is 12.4. The number of carbonyl (C=O) groups is 8. The zero-order valence-electron chi connectivity index (χ0n) is 42.2. The Morgan fingerprint density at radius 1 is 0.542 bits per heavy atom. The number of hydrogen-bond acceptors (Lipinski definition) is 14. The number of nitrogens with one attached hydrogen (secondary N) is 7. The average Bonchev–Trinajstić information content (AvgIpc) is 3.36. The van der Waals surface area contributed by atoms with E-state index in [4.69, 9.17) is 10.5 Å². The Hall–Kier alpha value is -5.26. The van der Waals surface area contributed by atoms with E-state index < -0.39 is 141 Å². The Bertz CT molecular complexity index is 1790. The van der Waals surface area contributed by atoms with Gasteiger partial charge in [0.15, 0.2) is 6.23 Å². The van der Waals surface area contributed by atoms with Crippen LogP contribution in [-0.4, -0.2) is 154 Å². The maximum atomic E-state index is 13.8. The minimum absolute atomic E-state index is 0.0766. The molecule has 22 heteroatoms. The molecule has 0 spiro atoms. The second-order valence-corrected chi connectivity index (χ2v) is 18.5. The number of rotatable bonds is 38. The summed E-state index contributed by atoms with van der Waals surface area (Å²) in [7, 11) is 0. The van der Waals surface area contributed by atoms with E-state index in [9.17, 15) is 63.9 Å². The molecule has 1 aromatic rings. The molecular weight excluding hydrogens is 937 g/mol. The molecule has 14 N–H and O–H groups in total. The zero-order valence-corrected chi connectivity index (χ0v) is 42.2. The highest BCUT2D eigenvalue weighted by Gasteiger charge is 2.44. The van der Waals surface area contributed by atoms with Crippen LogP contribution >= 0.6 is 0 Å². The van der Waals surface area contributed by atoms with Gasteiger partial charge in [-0.05, 0) is 18.4 Å². The Morgan fingerprint density at radius 3 is 1.56 bits per heavy atom. The summed E-state index contributed by atoms with van der Waals surface area (Å²) in [6, 6.07) is 3.48. The number of carbonyl (C=O) groups excluding carboxylic acids is 8. The molecule has 22 nitrogen and oxygen atoms in total. The summed E-state index contributed by atoms with van der Waals surface area (Å²) in [6.07, 6.45) is 7.44. The number of unbranched alkanes of at least 4 members (excludes halogenated alkanes) is 14. The molecule has 1 aromatic carbocycles. The van der Waals surface area contributed by atoms with E-state index in [0.717, 1.165) is 83.5 Å². The molecule has 1 fully saturated rings. The lowest BCUT2D eigenvalue weighted by atomic mass is 9.98. The van der Waals surface area contributed by atoms with Gasteiger partial charge in [-0.3, -0.25) is 38.4 Å². The van der Waals surface area contributed by atoms with E-state index in [1.807, 2.05) is 0 Å². The van der Waals surface area contributed by atoms with Gasteiger partial charge in [0.05, 0.1) is 26.3 Å². The number of aliphatic hydroxyl groups excluding tert-OH is 5. The summed E-state index contributed by atoms with van der Waals surface area (Å²) < 4.78 is 5.27. The first-order valence-electron chi connectivity index (χ1n) is 25.8. The smallest absolute Gasteiger partial charge is 0.245 e. The fourth-order valence-electron chi connectivity index (χ4n) is 8.08. The SMILES string of the molecule is CCCCCCCCCCC(NC(=O)CNC(=O)C(CO)NC(=O)C(Cc1ccccc1)NC(=O)CCC(=O)N[C@@H]1O[C@H](CO)[C@@H](O)[C@H](O)[C@H]1O)C(=O)NC(CCCCCCCCCC)C(=O)NCC(N)=O. The quantitative estimate of drug-likeness (QED) is 0.0377. The second kappa shape index (κ2) is 36.6. The molecule has 8 amide bonds. The molecule has 408 valence electrons. The van der Waals surface area contributed by atoms with Crippen LogP contribution in [0.3, 0.4) is 0 Å². The van der Waals surface area contributed by atoms with Gasteiger partial charge in [0.25, 0.3) is 0 Å². The topological polar surface area (TPSA) is 357 Å². The summed E-state index contributed by atoms with van der Waals surface area (Å²) in [5.41, 5.74) is 5.87. The van der Waals surface area contributed by atoms with E-state index in [2.05, 4.69) is 51.1 Å². The molecule has 1 aliphatic rings. The van der Waals surface area contributed by atoms with Crippen molar-refractivity contribution in [3.05, 3.63) is 35.9 Å². The number of amides is 8. The highest BCUT2D eigenvalue weighted by atomic mass is 16.6. The lowest BCUT2D eigenvalue weighted by Crippen LogP contribution is -2.63. The maximum Gasteiger partial charge on any atom is 0.245 e. The lowest BCUT2D eigenvalue weighted by molar-refractivity contribution is -0.236. The normalized spacial score (nSPS) is 19.1. The Balaban J connectivity index is 2.10. The molecule has 1 heterocycles. The van der Waals surface area contributed by atoms with Crippen molar-refractivity contribution in [3.63, 3.8) is 0 Å².